The number of H-pyrrole nitrogens is 2. The van der Waals surface area contributed by atoms with Crippen molar-refractivity contribution in [2.75, 3.05) is 50.2 Å². The van der Waals surface area contributed by atoms with Gasteiger partial charge in [-0.2, -0.15) is 0 Å². The molecule has 4 amide bonds. The number of para-hydroxylation sites is 1. The minimum absolute atomic E-state index is 0.125. The molecular formula is C68H78N12O6. The Morgan fingerprint density at radius 2 is 1.13 bits per heavy atom. The fourth-order valence-electron chi connectivity index (χ4n) is 11.8. The number of benzene rings is 4. The molecule has 2 saturated heterocycles. The number of rotatable bonds is 21. The second-order valence-corrected chi connectivity index (χ2v) is 24.2. The number of likely N-dealkylation sites (tertiary alicyclic amines) is 2. The van der Waals surface area contributed by atoms with Gasteiger partial charge in [0.05, 0.1) is 39.3 Å². The minimum Gasteiger partial charge on any atom is -0.497 e. The lowest BCUT2D eigenvalue weighted by atomic mass is 9.79. The fraction of sp³-hybridized carbons (Fsp3) is 0.353. The van der Waals surface area contributed by atoms with Crippen molar-refractivity contribution >= 4 is 35.0 Å². The summed E-state index contributed by atoms with van der Waals surface area (Å²) in [7, 11) is 3.36. The summed E-state index contributed by atoms with van der Waals surface area (Å²) in [5.74, 6) is 0.159. The van der Waals surface area contributed by atoms with Crippen LogP contribution in [0, 0.1) is 0 Å². The van der Waals surface area contributed by atoms with Crippen molar-refractivity contribution in [3.05, 3.63) is 215 Å². The van der Waals surface area contributed by atoms with Gasteiger partial charge in [0.1, 0.15) is 35.0 Å². The Morgan fingerprint density at radius 1 is 0.570 bits per heavy atom. The molecule has 2 atom stereocenters. The normalized spacial score (nSPS) is 15.3. The Labute approximate surface area is 503 Å². The number of nitrogens with zero attached hydrogens (tertiary/aromatic N) is 8. The molecule has 0 spiro atoms. The van der Waals surface area contributed by atoms with Gasteiger partial charge in [0, 0.05) is 104 Å². The second kappa shape index (κ2) is 26.9. The number of piperidine rings is 2. The first-order valence-electron chi connectivity index (χ1n) is 29.5. The third-order valence-electron chi connectivity index (χ3n) is 16.6. The SMILES string of the molecule is COc1cccc(CN2CCC(NC(=O)C(c3cncc(CC(C)(C)c4ccc(N(C(=O)c5cnc[nH]5)C(C(=O)NC5CCN(Cc6ccccc6OC)CC5)c5cccnc5)cc4)c3)N(C(=O)c3cnc[nH]3)c3ccc(C(C)(C)C)cc3)CC2)c1. The molecule has 6 heterocycles. The standard InChI is InChI=1S/C68H78N12O6/c1-67(2,3)51-17-21-55(22-18-51)80(66(84)59-41-72-45-74-59)62(64(82)76-53-25-30-77(31-26-53)42-46-12-10-15-57(35-46)85-6)50-34-47(37-70-39-50)36-68(4,5)52-19-23-56(24-20-52)79(65(83)58-40-71-44-73-58)61(48-14-11-29-69-38-48)63(81)75-54-27-32-78(33-28-54)43-49-13-8-9-16-60(49)86-7/h8-24,29,34-35,37-41,44-45,53-54,61-62H,25-28,30-33,36,42-43H2,1-7H3,(H,71,73)(H,72,74)(H,75,81)(H,76,82). The highest BCUT2D eigenvalue weighted by Gasteiger charge is 2.39. The molecule has 4 N–H and O–H groups in total. The molecule has 0 saturated carbocycles. The zero-order valence-electron chi connectivity index (χ0n) is 50.2. The summed E-state index contributed by atoms with van der Waals surface area (Å²) < 4.78 is 11.1. The average Bonchev–Trinajstić information content (AvgIpc) is 1.60. The van der Waals surface area contributed by atoms with Crippen molar-refractivity contribution in [3.63, 3.8) is 0 Å². The maximum absolute atomic E-state index is 15.3. The minimum atomic E-state index is -1.13. The number of methoxy groups -OCH3 is 2. The monoisotopic (exact) mass is 1160 g/mol. The average molecular weight is 1160 g/mol. The first kappa shape index (κ1) is 60.1. The van der Waals surface area contributed by atoms with Crippen molar-refractivity contribution < 1.29 is 28.7 Å². The third-order valence-corrected chi connectivity index (χ3v) is 16.6. The lowest BCUT2D eigenvalue weighted by molar-refractivity contribution is -0.124. The second-order valence-electron chi connectivity index (χ2n) is 24.2. The van der Waals surface area contributed by atoms with Gasteiger partial charge in [-0.3, -0.25) is 48.7 Å². The van der Waals surface area contributed by atoms with E-state index >= 15 is 4.79 Å². The van der Waals surface area contributed by atoms with Gasteiger partial charge in [0.25, 0.3) is 11.8 Å². The Hall–Kier alpha value is -9.00. The molecule has 2 aliphatic heterocycles. The van der Waals surface area contributed by atoms with Gasteiger partial charge in [0.2, 0.25) is 11.8 Å². The molecule has 0 aliphatic carbocycles. The van der Waals surface area contributed by atoms with Crippen LogP contribution >= 0.6 is 0 Å². The molecule has 18 nitrogen and oxygen atoms in total. The van der Waals surface area contributed by atoms with Crippen molar-refractivity contribution in [1.29, 1.82) is 0 Å². The zero-order valence-corrected chi connectivity index (χ0v) is 50.2. The summed E-state index contributed by atoms with van der Waals surface area (Å²) in [6.45, 7) is 15.3. The first-order valence-corrected chi connectivity index (χ1v) is 29.5. The molecule has 0 bridgehead atoms. The highest BCUT2D eigenvalue weighted by Crippen LogP contribution is 2.37. The predicted octanol–water partition coefficient (Wildman–Crippen LogP) is 10.1. The number of hydrogen-bond donors (Lipinski definition) is 4. The smallest absolute Gasteiger partial charge is 0.277 e. The molecule has 8 aromatic rings. The number of anilines is 2. The summed E-state index contributed by atoms with van der Waals surface area (Å²) in [6.07, 6.45) is 16.0. The van der Waals surface area contributed by atoms with Gasteiger partial charge in [-0.25, -0.2) is 9.97 Å². The van der Waals surface area contributed by atoms with Gasteiger partial charge in [-0.05, 0) is 114 Å². The Kier molecular flexibility index (Phi) is 18.8. The van der Waals surface area contributed by atoms with E-state index in [4.69, 9.17) is 14.5 Å². The van der Waals surface area contributed by atoms with Crippen LogP contribution in [0.4, 0.5) is 11.4 Å². The summed E-state index contributed by atoms with van der Waals surface area (Å²) in [4.78, 5) is 91.3. The Balaban J connectivity index is 0.915. The first-order chi connectivity index (χ1) is 41.5. The lowest BCUT2D eigenvalue weighted by Gasteiger charge is -2.36. The molecule has 0 radical (unpaired) electrons. The predicted molar refractivity (Wildman–Crippen MR) is 332 cm³/mol. The molecule has 86 heavy (non-hydrogen) atoms. The van der Waals surface area contributed by atoms with Crippen LogP contribution in [0.3, 0.4) is 0 Å². The summed E-state index contributed by atoms with van der Waals surface area (Å²) >= 11 is 0. The van der Waals surface area contributed by atoms with E-state index in [1.165, 1.54) is 29.9 Å². The molecule has 4 aromatic heterocycles. The molecule has 2 aliphatic rings. The lowest BCUT2D eigenvalue weighted by Crippen LogP contribution is -2.50. The largest absolute Gasteiger partial charge is 0.497 e. The van der Waals surface area contributed by atoms with Crippen LogP contribution in [0.15, 0.2) is 165 Å². The Morgan fingerprint density at radius 3 is 1.66 bits per heavy atom. The van der Waals surface area contributed by atoms with E-state index in [-0.39, 0.29) is 40.7 Å². The number of aromatic nitrogens is 6. The number of ether oxygens (including phenoxy) is 2. The molecule has 2 unspecified atom stereocenters. The molecule has 10 rings (SSSR count). The van der Waals surface area contributed by atoms with E-state index in [2.05, 4.69) is 98.2 Å². The number of amides is 4. The van der Waals surface area contributed by atoms with E-state index in [1.54, 1.807) is 50.0 Å². The number of nitrogens with one attached hydrogen (secondary N) is 4. The number of carbonyl (C=O) groups is 4. The van der Waals surface area contributed by atoms with Crippen LogP contribution in [0.2, 0.25) is 0 Å². The van der Waals surface area contributed by atoms with Gasteiger partial charge in [-0.15, -0.1) is 0 Å². The Bertz CT molecular complexity index is 3540. The number of pyridine rings is 2. The highest BCUT2D eigenvalue weighted by atomic mass is 16.5. The van der Waals surface area contributed by atoms with Crippen LogP contribution in [-0.4, -0.2) is 116 Å². The van der Waals surface area contributed by atoms with Crippen LogP contribution in [0.1, 0.15) is 132 Å². The number of imidazole rings is 2. The maximum atomic E-state index is 15.3. The van der Waals surface area contributed by atoms with E-state index in [0.717, 1.165) is 104 Å². The van der Waals surface area contributed by atoms with Crippen molar-refractivity contribution in [2.24, 2.45) is 0 Å². The number of aromatic amines is 2. The van der Waals surface area contributed by atoms with Gasteiger partial charge in [0.15, 0.2) is 0 Å². The molecule has 446 valence electrons. The molecule has 2 fully saturated rings. The highest BCUT2D eigenvalue weighted by molar-refractivity contribution is 6.10. The molecular weight excluding hydrogens is 1080 g/mol. The van der Waals surface area contributed by atoms with E-state index in [9.17, 15) is 14.4 Å². The molecule has 4 aromatic carbocycles. The van der Waals surface area contributed by atoms with Crippen LogP contribution in [-0.2, 0) is 39.9 Å². The van der Waals surface area contributed by atoms with Gasteiger partial charge >= 0.3 is 0 Å². The van der Waals surface area contributed by atoms with Crippen LogP contribution in [0.25, 0.3) is 0 Å². The summed E-state index contributed by atoms with van der Waals surface area (Å²) in [5.41, 5.74) is 7.02. The topological polar surface area (TPSA) is 207 Å². The molecule has 18 heteroatoms. The van der Waals surface area contributed by atoms with E-state index in [1.807, 2.05) is 91.0 Å². The third kappa shape index (κ3) is 14.4. The van der Waals surface area contributed by atoms with E-state index in [0.29, 0.717) is 28.9 Å². The van der Waals surface area contributed by atoms with Crippen LogP contribution in [0.5, 0.6) is 11.5 Å². The summed E-state index contributed by atoms with van der Waals surface area (Å²) in [5, 5.41) is 6.71. The van der Waals surface area contributed by atoms with Crippen molar-refractivity contribution in [1.82, 2.24) is 50.3 Å². The van der Waals surface area contributed by atoms with Crippen molar-refractivity contribution in [2.45, 2.75) is 115 Å². The van der Waals surface area contributed by atoms with Crippen LogP contribution < -0.4 is 29.9 Å². The summed E-state index contributed by atoms with van der Waals surface area (Å²) in [6, 6.07) is 34.8. The maximum Gasteiger partial charge on any atom is 0.277 e. The van der Waals surface area contributed by atoms with Gasteiger partial charge in [-0.1, -0.05) is 101 Å². The van der Waals surface area contributed by atoms with E-state index < -0.39 is 29.3 Å². The van der Waals surface area contributed by atoms with Crippen molar-refractivity contribution in [3.8, 4) is 11.5 Å². The zero-order chi connectivity index (χ0) is 60.4. The number of carbonyl (C=O) groups excluding carboxylic acids is 4. The van der Waals surface area contributed by atoms with Gasteiger partial charge < -0.3 is 30.1 Å². The quantitative estimate of drug-likeness (QED) is 0.0530. The fourth-order valence-corrected chi connectivity index (χ4v) is 11.8. The number of hydrogen-bond acceptors (Lipinski definition) is 12.